The molecular formula is C26H44O2. The summed E-state index contributed by atoms with van der Waals surface area (Å²) in [5.41, 5.74) is 2.24. The van der Waals surface area contributed by atoms with E-state index in [1.807, 2.05) is 19.1 Å². The Morgan fingerprint density at radius 2 is 1.54 bits per heavy atom. The Labute approximate surface area is 174 Å². The molecule has 3 unspecified atom stereocenters. The summed E-state index contributed by atoms with van der Waals surface area (Å²) in [6, 6.07) is 3.68. The van der Waals surface area contributed by atoms with E-state index < -0.39 is 0 Å². The third-order valence-electron chi connectivity index (χ3n) is 6.45. The molecule has 0 fully saturated rings. The van der Waals surface area contributed by atoms with E-state index in [0.717, 1.165) is 48.3 Å². The summed E-state index contributed by atoms with van der Waals surface area (Å²) >= 11 is 0. The van der Waals surface area contributed by atoms with Crippen LogP contribution in [0.5, 0.6) is 11.5 Å². The quantitative estimate of drug-likeness (QED) is 0.395. The summed E-state index contributed by atoms with van der Waals surface area (Å²) in [7, 11) is 0. The van der Waals surface area contributed by atoms with Gasteiger partial charge in [0.2, 0.25) is 0 Å². The van der Waals surface area contributed by atoms with Crippen molar-refractivity contribution < 1.29 is 9.84 Å². The SMILES string of the molecule is Cc1cc(O)cc2c1OC(CCCC(C)CCCC(C)CCCC(C)C)CC2. The molecule has 3 atom stereocenters. The molecule has 1 aliphatic heterocycles. The highest BCUT2D eigenvalue weighted by molar-refractivity contribution is 5.47. The molecule has 1 aliphatic rings. The van der Waals surface area contributed by atoms with Crippen molar-refractivity contribution in [1.82, 2.24) is 0 Å². The monoisotopic (exact) mass is 388 g/mol. The Morgan fingerprint density at radius 1 is 0.929 bits per heavy atom. The number of hydrogen-bond donors (Lipinski definition) is 1. The van der Waals surface area contributed by atoms with Crippen LogP contribution in [-0.4, -0.2) is 11.2 Å². The van der Waals surface area contributed by atoms with E-state index in [-0.39, 0.29) is 0 Å². The lowest BCUT2D eigenvalue weighted by molar-refractivity contribution is 0.157. The van der Waals surface area contributed by atoms with Crippen LogP contribution >= 0.6 is 0 Å². The van der Waals surface area contributed by atoms with Crippen LogP contribution < -0.4 is 4.74 Å². The molecule has 0 saturated heterocycles. The average Bonchev–Trinajstić information content (AvgIpc) is 2.61. The molecule has 2 heteroatoms. The second kappa shape index (κ2) is 11.7. The third kappa shape index (κ3) is 8.05. The smallest absolute Gasteiger partial charge is 0.126 e. The van der Waals surface area contributed by atoms with Gasteiger partial charge in [-0.05, 0) is 73.6 Å². The summed E-state index contributed by atoms with van der Waals surface area (Å²) < 4.78 is 6.26. The van der Waals surface area contributed by atoms with Crippen LogP contribution in [0.1, 0.15) is 103 Å². The summed E-state index contributed by atoms with van der Waals surface area (Å²) in [5, 5.41) is 9.75. The van der Waals surface area contributed by atoms with Gasteiger partial charge in [-0.15, -0.1) is 0 Å². The van der Waals surface area contributed by atoms with Crippen molar-refractivity contribution in [3.05, 3.63) is 23.3 Å². The van der Waals surface area contributed by atoms with Crippen molar-refractivity contribution in [1.29, 1.82) is 0 Å². The minimum Gasteiger partial charge on any atom is -0.508 e. The van der Waals surface area contributed by atoms with E-state index in [1.165, 1.54) is 56.9 Å². The normalized spacial score (nSPS) is 18.6. The standard InChI is InChI=1S/C26H44O2/c1-19(2)9-6-10-20(3)11-7-12-21(4)13-8-14-25-16-15-23-18-24(27)17-22(5)26(23)28-25/h17-21,25,27H,6-16H2,1-5H3. The highest BCUT2D eigenvalue weighted by Gasteiger charge is 2.22. The largest absolute Gasteiger partial charge is 0.508 e. The lowest BCUT2D eigenvalue weighted by Gasteiger charge is -2.28. The first-order chi connectivity index (χ1) is 13.3. The summed E-state index contributed by atoms with van der Waals surface area (Å²) in [4.78, 5) is 0. The van der Waals surface area contributed by atoms with Crippen molar-refractivity contribution in [3.63, 3.8) is 0 Å². The molecule has 0 amide bonds. The Bertz CT molecular complexity index is 578. The van der Waals surface area contributed by atoms with Crippen LogP contribution in [0.15, 0.2) is 12.1 Å². The number of aromatic hydroxyl groups is 1. The predicted molar refractivity (Wildman–Crippen MR) is 120 cm³/mol. The van der Waals surface area contributed by atoms with Crippen LogP contribution in [-0.2, 0) is 6.42 Å². The highest BCUT2D eigenvalue weighted by Crippen LogP contribution is 2.35. The van der Waals surface area contributed by atoms with Crippen LogP contribution in [0.25, 0.3) is 0 Å². The van der Waals surface area contributed by atoms with Gasteiger partial charge in [-0.1, -0.05) is 72.6 Å². The molecule has 1 heterocycles. The Morgan fingerprint density at radius 3 is 2.18 bits per heavy atom. The first-order valence-corrected chi connectivity index (χ1v) is 11.8. The van der Waals surface area contributed by atoms with Gasteiger partial charge >= 0.3 is 0 Å². The van der Waals surface area contributed by atoms with Crippen LogP contribution in [0, 0.1) is 24.7 Å². The zero-order valence-electron chi connectivity index (χ0n) is 19.1. The fourth-order valence-corrected chi connectivity index (χ4v) is 4.60. The van der Waals surface area contributed by atoms with Gasteiger partial charge in [-0.25, -0.2) is 0 Å². The second-order valence-corrected chi connectivity index (χ2v) is 9.93. The molecule has 160 valence electrons. The highest BCUT2D eigenvalue weighted by atomic mass is 16.5. The van der Waals surface area contributed by atoms with E-state index in [1.54, 1.807) is 0 Å². The lowest BCUT2D eigenvalue weighted by Crippen LogP contribution is -2.23. The van der Waals surface area contributed by atoms with E-state index in [2.05, 4.69) is 27.7 Å². The van der Waals surface area contributed by atoms with Crippen LogP contribution in [0.2, 0.25) is 0 Å². The fraction of sp³-hybridized carbons (Fsp3) is 0.769. The van der Waals surface area contributed by atoms with Crippen molar-refractivity contribution in [2.75, 3.05) is 0 Å². The molecule has 0 bridgehead atoms. The first-order valence-electron chi connectivity index (χ1n) is 11.8. The number of fused-ring (bicyclic) bond motifs is 1. The lowest BCUT2D eigenvalue weighted by atomic mass is 9.91. The minimum atomic E-state index is 0.351. The maximum atomic E-state index is 9.75. The van der Waals surface area contributed by atoms with Gasteiger partial charge < -0.3 is 9.84 Å². The molecule has 0 saturated carbocycles. The summed E-state index contributed by atoms with van der Waals surface area (Å²) in [6.07, 6.45) is 14.6. The molecule has 0 aliphatic carbocycles. The molecule has 2 nitrogen and oxygen atoms in total. The van der Waals surface area contributed by atoms with E-state index in [4.69, 9.17) is 4.74 Å². The summed E-state index contributed by atoms with van der Waals surface area (Å²) in [6.45, 7) is 11.6. The zero-order chi connectivity index (χ0) is 20.5. The van der Waals surface area contributed by atoms with Gasteiger partial charge in [-0.2, -0.15) is 0 Å². The van der Waals surface area contributed by atoms with Crippen LogP contribution in [0.4, 0.5) is 0 Å². The number of hydrogen-bond acceptors (Lipinski definition) is 2. The van der Waals surface area contributed by atoms with Gasteiger partial charge in [0.15, 0.2) is 0 Å². The van der Waals surface area contributed by atoms with E-state index >= 15 is 0 Å². The number of rotatable bonds is 12. The third-order valence-corrected chi connectivity index (χ3v) is 6.45. The molecule has 0 radical (unpaired) electrons. The Kier molecular flexibility index (Phi) is 9.68. The number of phenols is 1. The molecular weight excluding hydrogens is 344 g/mol. The second-order valence-electron chi connectivity index (χ2n) is 9.93. The van der Waals surface area contributed by atoms with Crippen molar-refractivity contribution >= 4 is 0 Å². The van der Waals surface area contributed by atoms with Gasteiger partial charge in [0.1, 0.15) is 11.5 Å². The fourth-order valence-electron chi connectivity index (χ4n) is 4.60. The van der Waals surface area contributed by atoms with Gasteiger partial charge in [0.25, 0.3) is 0 Å². The molecule has 1 aromatic carbocycles. The number of ether oxygens (including phenoxy) is 1. The maximum Gasteiger partial charge on any atom is 0.126 e. The average molecular weight is 389 g/mol. The molecule has 0 aromatic heterocycles. The van der Waals surface area contributed by atoms with Gasteiger partial charge in [0.05, 0.1) is 6.10 Å². The van der Waals surface area contributed by atoms with E-state index in [0.29, 0.717) is 11.9 Å². The molecule has 0 spiro atoms. The number of benzene rings is 1. The number of aryl methyl sites for hydroxylation is 2. The van der Waals surface area contributed by atoms with Gasteiger partial charge in [-0.3, -0.25) is 0 Å². The summed E-state index contributed by atoms with van der Waals surface area (Å²) in [5.74, 6) is 3.96. The van der Waals surface area contributed by atoms with Crippen molar-refractivity contribution in [3.8, 4) is 11.5 Å². The minimum absolute atomic E-state index is 0.351. The van der Waals surface area contributed by atoms with Gasteiger partial charge in [0, 0.05) is 0 Å². The zero-order valence-corrected chi connectivity index (χ0v) is 19.1. The van der Waals surface area contributed by atoms with E-state index in [9.17, 15) is 5.11 Å². The van der Waals surface area contributed by atoms with Crippen LogP contribution in [0.3, 0.4) is 0 Å². The predicted octanol–water partition coefficient (Wildman–Crippen LogP) is 7.83. The molecule has 1 N–H and O–H groups in total. The Hall–Kier alpha value is -1.18. The molecule has 2 rings (SSSR count). The topological polar surface area (TPSA) is 29.5 Å². The first kappa shape index (κ1) is 23.1. The molecule has 28 heavy (non-hydrogen) atoms. The maximum absolute atomic E-state index is 9.75. The number of phenolic OH excluding ortho intramolecular Hbond substituents is 1. The van der Waals surface area contributed by atoms with Crippen molar-refractivity contribution in [2.45, 2.75) is 111 Å². The van der Waals surface area contributed by atoms with Crippen molar-refractivity contribution in [2.24, 2.45) is 17.8 Å². The Balaban J connectivity index is 1.58. The molecule has 1 aromatic rings.